The number of nitrogens with one attached hydrogen (secondary N) is 1. The van der Waals surface area contributed by atoms with Crippen LogP contribution in [0.1, 0.15) is 47.0 Å². The van der Waals surface area contributed by atoms with Crippen LogP contribution in [0, 0.1) is 11.8 Å². The lowest BCUT2D eigenvalue weighted by Crippen LogP contribution is -2.31. The molecule has 21 heavy (non-hydrogen) atoms. The van der Waals surface area contributed by atoms with E-state index in [1.54, 1.807) is 0 Å². The van der Waals surface area contributed by atoms with Crippen molar-refractivity contribution < 1.29 is 0 Å². The Hall–Kier alpha value is -1.10. The Labute approximate surface area is 132 Å². The van der Waals surface area contributed by atoms with Crippen LogP contribution >= 0.6 is 11.6 Å². The maximum Gasteiger partial charge on any atom is 0.231 e. The molecule has 0 bridgehead atoms. The molecule has 1 aromatic rings. The molecule has 1 saturated carbocycles. The number of rotatable bonds is 5. The molecule has 0 amide bonds. The predicted molar refractivity (Wildman–Crippen MR) is 88.0 cm³/mol. The molecule has 0 radical (unpaired) electrons. The van der Waals surface area contributed by atoms with Crippen molar-refractivity contribution in [1.82, 2.24) is 15.0 Å². The van der Waals surface area contributed by atoms with E-state index in [4.69, 9.17) is 11.6 Å². The van der Waals surface area contributed by atoms with Crippen LogP contribution in [0.3, 0.4) is 0 Å². The highest BCUT2D eigenvalue weighted by atomic mass is 35.5. The van der Waals surface area contributed by atoms with Crippen LogP contribution in [-0.2, 0) is 0 Å². The minimum Gasteiger partial charge on any atom is -0.351 e. The van der Waals surface area contributed by atoms with Crippen molar-refractivity contribution in [2.45, 2.75) is 53.0 Å². The molecule has 1 aromatic heterocycles. The van der Waals surface area contributed by atoms with Crippen molar-refractivity contribution in [2.75, 3.05) is 23.3 Å². The van der Waals surface area contributed by atoms with Gasteiger partial charge in [-0.05, 0) is 56.5 Å². The Morgan fingerprint density at radius 3 is 2.24 bits per heavy atom. The molecule has 0 aliphatic heterocycles. The van der Waals surface area contributed by atoms with Crippen LogP contribution in [0.4, 0.5) is 11.9 Å². The van der Waals surface area contributed by atoms with Gasteiger partial charge in [0.2, 0.25) is 17.2 Å². The smallest absolute Gasteiger partial charge is 0.231 e. The zero-order valence-electron chi connectivity index (χ0n) is 13.4. The average Bonchev–Trinajstić information content (AvgIpc) is 2.38. The summed E-state index contributed by atoms with van der Waals surface area (Å²) in [5.41, 5.74) is 0. The average molecular weight is 312 g/mol. The zero-order chi connectivity index (χ0) is 15.4. The number of nitrogens with zero attached hydrogens (tertiary/aromatic N) is 4. The van der Waals surface area contributed by atoms with Crippen LogP contribution in [0.25, 0.3) is 0 Å². The first-order chi connectivity index (χ1) is 10.0. The number of anilines is 2. The quantitative estimate of drug-likeness (QED) is 0.900. The highest BCUT2D eigenvalue weighted by Gasteiger charge is 2.24. The van der Waals surface area contributed by atoms with E-state index in [-0.39, 0.29) is 5.28 Å². The summed E-state index contributed by atoms with van der Waals surface area (Å²) in [6.45, 7) is 10.5. The van der Waals surface area contributed by atoms with Crippen LogP contribution < -0.4 is 10.2 Å². The fourth-order valence-corrected chi connectivity index (χ4v) is 3.46. The van der Waals surface area contributed by atoms with Crippen LogP contribution in [-0.4, -0.2) is 34.1 Å². The summed E-state index contributed by atoms with van der Waals surface area (Å²) in [7, 11) is 0. The molecular formula is C15H26ClN5. The van der Waals surface area contributed by atoms with Crippen molar-refractivity contribution in [3.8, 4) is 0 Å². The molecule has 2 unspecified atom stereocenters. The van der Waals surface area contributed by atoms with Gasteiger partial charge in [0, 0.05) is 19.1 Å². The highest BCUT2D eigenvalue weighted by Crippen LogP contribution is 2.30. The molecule has 118 valence electrons. The van der Waals surface area contributed by atoms with E-state index < -0.39 is 0 Å². The van der Waals surface area contributed by atoms with Crippen LogP contribution in [0.15, 0.2) is 0 Å². The Morgan fingerprint density at radius 1 is 1.05 bits per heavy atom. The standard InChI is InChI=1S/C15H26ClN5/c1-5-21(6-2)15-19-13(16)18-14(20-15)17-12-8-10(3)7-11(4)9-12/h10-12H,5-9H2,1-4H3,(H,17,18,19,20). The van der Waals surface area contributed by atoms with Gasteiger partial charge in [0.25, 0.3) is 0 Å². The van der Waals surface area contributed by atoms with E-state index in [1.165, 1.54) is 6.42 Å². The highest BCUT2D eigenvalue weighted by molar-refractivity contribution is 6.28. The second-order valence-electron chi connectivity index (χ2n) is 6.16. The fraction of sp³-hybridized carbons (Fsp3) is 0.800. The van der Waals surface area contributed by atoms with E-state index in [0.717, 1.165) is 37.8 Å². The van der Waals surface area contributed by atoms with E-state index in [9.17, 15) is 0 Å². The number of hydrogen-bond donors (Lipinski definition) is 1. The predicted octanol–water partition coefficient (Wildman–Crippen LogP) is 3.61. The summed E-state index contributed by atoms with van der Waals surface area (Å²) in [6.07, 6.45) is 3.63. The second-order valence-corrected chi connectivity index (χ2v) is 6.50. The molecular weight excluding hydrogens is 286 g/mol. The fourth-order valence-electron chi connectivity index (χ4n) is 3.30. The third-order valence-electron chi connectivity index (χ3n) is 4.15. The first kappa shape index (κ1) is 16.3. The molecule has 1 aliphatic carbocycles. The van der Waals surface area contributed by atoms with Crippen LogP contribution in [0.5, 0.6) is 0 Å². The third kappa shape index (κ3) is 4.43. The number of halogens is 1. The molecule has 2 atom stereocenters. The lowest BCUT2D eigenvalue weighted by Gasteiger charge is -2.32. The van der Waals surface area contributed by atoms with Crippen molar-refractivity contribution in [3.63, 3.8) is 0 Å². The lowest BCUT2D eigenvalue weighted by molar-refractivity contribution is 0.280. The largest absolute Gasteiger partial charge is 0.351 e. The molecule has 2 rings (SSSR count). The third-order valence-corrected chi connectivity index (χ3v) is 4.32. The van der Waals surface area contributed by atoms with E-state index >= 15 is 0 Å². The monoisotopic (exact) mass is 311 g/mol. The molecule has 1 N–H and O–H groups in total. The van der Waals surface area contributed by atoms with Crippen molar-refractivity contribution >= 4 is 23.5 Å². The van der Waals surface area contributed by atoms with Gasteiger partial charge in [-0.15, -0.1) is 0 Å². The molecule has 0 spiro atoms. The maximum atomic E-state index is 6.05. The molecule has 1 fully saturated rings. The van der Waals surface area contributed by atoms with Crippen molar-refractivity contribution in [3.05, 3.63) is 5.28 Å². The first-order valence-electron chi connectivity index (χ1n) is 7.94. The normalized spacial score (nSPS) is 25.7. The molecule has 1 aliphatic rings. The Bertz CT molecular complexity index is 453. The van der Waals surface area contributed by atoms with Gasteiger partial charge in [-0.2, -0.15) is 15.0 Å². The zero-order valence-corrected chi connectivity index (χ0v) is 14.2. The Balaban J connectivity index is 2.12. The summed E-state index contributed by atoms with van der Waals surface area (Å²) >= 11 is 6.05. The Kier molecular flexibility index (Phi) is 5.62. The summed E-state index contributed by atoms with van der Waals surface area (Å²) < 4.78 is 0. The second kappa shape index (κ2) is 7.25. The van der Waals surface area contributed by atoms with Gasteiger partial charge in [0.1, 0.15) is 0 Å². The van der Waals surface area contributed by atoms with Crippen molar-refractivity contribution in [1.29, 1.82) is 0 Å². The minimum absolute atomic E-state index is 0.256. The van der Waals surface area contributed by atoms with Gasteiger partial charge < -0.3 is 10.2 Å². The molecule has 1 heterocycles. The molecule has 0 aromatic carbocycles. The van der Waals surface area contributed by atoms with E-state index in [1.807, 2.05) is 0 Å². The molecule has 0 saturated heterocycles. The van der Waals surface area contributed by atoms with Crippen molar-refractivity contribution in [2.24, 2.45) is 11.8 Å². The maximum absolute atomic E-state index is 6.05. The summed E-state index contributed by atoms with van der Waals surface area (Å²) in [6, 6.07) is 0.423. The minimum atomic E-state index is 0.256. The summed E-state index contributed by atoms with van der Waals surface area (Å²) in [5.74, 6) is 2.74. The Morgan fingerprint density at radius 2 is 1.67 bits per heavy atom. The van der Waals surface area contributed by atoms with Gasteiger partial charge in [-0.1, -0.05) is 13.8 Å². The van der Waals surface area contributed by atoms with Gasteiger partial charge >= 0.3 is 0 Å². The van der Waals surface area contributed by atoms with E-state index in [2.05, 4.69) is 52.9 Å². The number of aromatic nitrogens is 3. The molecule has 5 nitrogen and oxygen atoms in total. The topological polar surface area (TPSA) is 53.9 Å². The number of hydrogen-bond acceptors (Lipinski definition) is 5. The summed E-state index contributed by atoms with van der Waals surface area (Å²) in [4.78, 5) is 15.1. The van der Waals surface area contributed by atoms with E-state index in [0.29, 0.717) is 17.9 Å². The summed E-state index contributed by atoms with van der Waals surface area (Å²) in [5, 5.41) is 3.71. The SMILES string of the molecule is CCN(CC)c1nc(Cl)nc(NC2CC(C)CC(C)C2)n1. The van der Waals surface area contributed by atoms with Gasteiger partial charge in [0.15, 0.2) is 0 Å². The van der Waals surface area contributed by atoms with Crippen LogP contribution in [0.2, 0.25) is 5.28 Å². The van der Waals surface area contributed by atoms with Gasteiger partial charge in [0.05, 0.1) is 0 Å². The lowest BCUT2D eigenvalue weighted by atomic mass is 9.80. The molecule has 6 heteroatoms. The van der Waals surface area contributed by atoms with Gasteiger partial charge in [-0.3, -0.25) is 0 Å². The van der Waals surface area contributed by atoms with Gasteiger partial charge in [-0.25, -0.2) is 0 Å². The first-order valence-corrected chi connectivity index (χ1v) is 8.32.